The maximum Gasteiger partial charge on any atom is 0.306 e. The van der Waals surface area contributed by atoms with Crippen LogP contribution in [0.1, 0.15) is 31.4 Å². The summed E-state index contributed by atoms with van der Waals surface area (Å²) in [7, 11) is 0. The van der Waals surface area contributed by atoms with E-state index in [4.69, 9.17) is 9.63 Å². The molecule has 1 aliphatic rings. The van der Waals surface area contributed by atoms with E-state index in [0.29, 0.717) is 18.0 Å². The van der Waals surface area contributed by atoms with Crippen LogP contribution >= 0.6 is 0 Å². The lowest BCUT2D eigenvalue weighted by Crippen LogP contribution is -2.40. The quantitative estimate of drug-likeness (QED) is 0.748. The van der Waals surface area contributed by atoms with Crippen LogP contribution in [0.3, 0.4) is 0 Å². The minimum atomic E-state index is -0.751. The minimum Gasteiger partial charge on any atom is -0.481 e. The topological polar surface area (TPSA) is 104 Å². The summed E-state index contributed by atoms with van der Waals surface area (Å²) in [5.74, 6) is -0.247. The molecule has 1 saturated carbocycles. The molecule has 2 atom stereocenters. The molecule has 7 heteroatoms. The zero-order valence-electron chi connectivity index (χ0n) is 11.4. The number of aromatic nitrogens is 1. The Morgan fingerprint density at radius 2 is 2.30 bits per heavy atom. The number of hydrogen-bond donors (Lipinski definition) is 3. The standard InChI is InChI=1S/C13H19N3O4/c1-8-5-11(16-20-8)15-12(17)7-14-10-4-2-3-9(6-10)13(18)19/h5,9-10,14H,2-4,6-7H2,1H3,(H,18,19)(H,15,16,17). The predicted octanol–water partition coefficient (Wildman–Crippen LogP) is 1.15. The minimum absolute atomic E-state index is 0.0784. The zero-order chi connectivity index (χ0) is 14.5. The number of hydrogen-bond acceptors (Lipinski definition) is 5. The second-order valence-electron chi connectivity index (χ2n) is 5.15. The molecule has 7 nitrogen and oxygen atoms in total. The van der Waals surface area contributed by atoms with Crippen LogP contribution in [0.2, 0.25) is 0 Å². The van der Waals surface area contributed by atoms with Crippen molar-refractivity contribution in [1.82, 2.24) is 10.5 Å². The molecule has 1 amide bonds. The van der Waals surface area contributed by atoms with Crippen LogP contribution in [-0.2, 0) is 9.59 Å². The van der Waals surface area contributed by atoms with Crippen molar-refractivity contribution < 1.29 is 19.2 Å². The van der Waals surface area contributed by atoms with Crippen molar-refractivity contribution in [3.05, 3.63) is 11.8 Å². The highest BCUT2D eigenvalue weighted by atomic mass is 16.5. The van der Waals surface area contributed by atoms with E-state index in [1.165, 1.54) is 0 Å². The van der Waals surface area contributed by atoms with E-state index in [1.54, 1.807) is 13.0 Å². The Bertz CT molecular complexity index is 486. The SMILES string of the molecule is Cc1cc(NC(=O)CNC2CCCC(C(=O)O)C2)no1. The third-order valence-electron chi connectivity index (χ3n) is 3.47. The monoisotopic (exact) mass is 281 g/mol. The fraction of sp³-hybridized carbons (Fsp3) is 0.615. The molecule has 0 saturated heterocycles. The normalized spacial score (nSPS) is 22.4. The lowest BCUT2D eigenvalue weighted by molar-refractivity contribution is -0.143. The molecule has 1 heterocycles. The van der Waals surface area contributed by atoms with Gasteiger partial charge in [-0.1, -0.05) is 11.6 Å². The molecule has 1 fully saturated rings. The molecule has 20 heavy (non-hydrogen) atoms. The zero-order valence-corrected chi connectivity index (χ0v) is 11.4. The van der Waals surface area contributed by atoms with E-state index in [0.717, 1.165) is 19.3 Å². The number of carboxylic acid groups (broad SMARTS) is 1. The van der Waals surface area contributed by atoms with Gasteiger partial charge in [0, 0.05) is 12.1 Å². The number of rotatable bonds is 5. The molecule has 0 bridgehead atoms. The van der Waals surface area contributed by atoms with Gasteiger partial charge < -0.3 is 20.3 Å². The Morgan fingerprint density at radius 1 is 1.50 bits per heavy atom. The number of aryl methyl sites for hydroxylation is 1. The van der Waals surface area contributed by atoms with Gasteiger partial charge in [-0.25, -0.2) is 0 Å². The number of carbonyl (C=O) groups excluding carboxylic acids is 1. The van der Waals surface area contributed by atoms with Crippen molar-refractivity contribution in [3.8, 4) is 0 Å². The van der Waals surface area contributed by atoms with Gasteiger partial charge >= 0.3 is 5.97 Å². The second kappa shape index (κ2) is 6.51. The largest absolute Gasteiger partial charge is 0.481 e. The van der Waals surface area contributed by atoms with Gasteiger partial charge in [-0.05, 0) is 26.2 Å². The van der Waals surface area contributed by atoms with Crippen molar-refractivity contribution in [3.63, 3.8) is 0 Å². The molecular weight excluding hydrogens is 262 g/mol. The Labute approximate surface area is 116 Å². The summed E-state index contributed by atoms with van der Waals surface area (Å²) in [6.07, 6.45) is 3.07. The fourth-order valence-corrected chi connectivity index (χ4v) is 2.45. The first-order chi connectivity index (χ1) is 9.54. The highest BCUT2D eigenvalue weighted by Crippen LogP contribution is 2.24. The van der Waals surface area contributed by atoms with Crippen molar-refractivity contribution in [2.45, 2.75) is 38.6 Å². The number of carbonyl (C=O) groups is 2. The predicted molar refractivity (Wildman–Crippen MR) is 71.3 cm³/mol. The summed E-state index contributed by atoms with van der Waals surface area (Å²) >= 11 is 0. The lowest BCUT2D eigenvalue weighted by Gasteiger charge is -2.27. The van der Waals surface area contributed by atoms with Crippen LogP contribution in [-0.4, -0.2) is 34.7 Å². The van der Waals surface area contributed by atoms with Crippen LogP contribution in [0, 0.1) is 12.8 Å². The van der Waals surface area contributed by atoms with Crippen molar-refractivity contribution >= 4 is 17.7 Å². The van der Waals surface area contributed by atoms with Crippen LogP contribution in [0.4, 0.5) is 5.82 Å². The average Bonchev–Trinajstić information content (AvgIpc) is 2.82. The van der Waals surface area contributed by atoms with Crippen LogP contribution < -0.4 is 10.6 Å². The van der Waals surface area contributed by atoms with E-state index in [2.05, 4.69) is 15.8 Å². The number of aliphatic carboxylic acids is 1. The number of nitrogens with zero attached hydrogens (tertiary/aromatic N) is 1. The third-order valence-corrected chi connectivity index (χ3v) is 3.47. The van der Waals surface area contributed by atoms with E-state index in [1.807, 2.05) is 0 Å². The summed E-state index contributed by atoms with van der Waals surface area (Å²) in [6, 6.07) is 1.72. The average molecular weight is 281 g/mol. The van der Waals surface area contributed by atoms with Crippen LogP contribution in [0.5, 0.6) is 0 Å². The Morgan fingerprint density at radius 3 is 2.95 bits per heavy atom. The van der Waals surface area contributed by atoms with E-state index < -0.39 is 5.97 Å². The number of amides is 1. The molecule has 0 radical (unpaired) electrons. The van der Waals surface area contributed by atoms with Gasteiger partial charge in [-0.3, -0.25) is 9.59 Å². The van der Waals surface area contributed by atoms with E-state index in [9.17, 15) is 9.59 Å². The highest BCUT2D eigenvalue weighted by molar-refractivity contribution is 5.91. The van der Waals surface area contributed by atoms with E-state index >= 15 is 0 Å². The summed E-state index contributed by atoms with van der Waals surface area (Å²) in [6.45, 7) is 1.89. The van der Waals surface area contributed by atoms with Gasteiger partial charge in [0.2, 0.25) is 5.91 Å². The fourth-order valence-electron chi connectivity index (χ4n) is 2.45. The molecule has 2 rings (SSSR count). The van der Waals surface area contributed by atoms with Crippen LogP contribution in [0.15, 0.2) is 10.6 Å². The van der Waals surface area contributed by atoms with Crippen LogP contribution in [0.25, 0.3) is 0 Å². The molecule has 0 aromatic carbocycles. The van der Waals surface area contributed by atoms with Crippen molar-refractivity contribution in [1.29, 1.82) is 0 Å². The maximum atomic E-state index is 11.7. The second-order valence-corrected chi connectivity index (χ2v) is 5.15. The molecule has 2 unspecified atom stereocenters. The van der Waals surface area contributed by atoms with Crippen molar-refractivity contribution in [2.75, 3.05) is 11.9 Å². The van der Waals surface area contributed by atoms with Gasteiger partial charge in [-0.15, -0.1) is 0 Å². The summed E-state index contributed by atoms with van der Waals surface area (Å²) < 4.78 is 4.85. The van der Waals surface area contributed by atoms with Gasteiger partial charge in [0.05, 0.1) is 12.5 Å². The number of anilines is 1. The Kier molecular flexibility index (Phi) is 4.73. The highest BCUT2D eigenvalue weighted by Gasteiger charge is 2.26. The molecule has 1 aromatic rings. The molecule has 3 N–H and O–H groups in total. The first-order valence-electron chi connectivity index (χ1n) is 6.74. The summed E-state index contributed by atoms with van der Waals surface area (Å²) in [4.78, 5) is 22.7. The summed E-state index contributed by atoms with van der Waals surface area (Å²) in [5, 5.41) is 18.4. The van der Waals surface area contributed by atoms with Gasteiger partial charge in [0.1, 0.15) is 5.76 Å². The molecular formula is C13H19N3O4. The Balaban J connectivity index is 1.74. The molecule has 0 aliphatic heterocycles. The lowest BCUT2D eigenvalue weighted by atomic mass is 9.86. The first kappa shape index (κ1) is 14.5. The van der Waals surface area contributed by atoms with E-state index in [-0.39, 0.29) is 24.4 Å². The first-order valence-corrected chi connectivity index (χ1v) is 6.74. The summed E-state index contributed by atoms with van der Waals surface area (Å²) in [5.41, 5.74) is 0. The van der Waals surface area contributed by atoms with Gasteiger partial charge in [0.15, 0.2) is 5.82 Å². The number of nitrogens with one attached hydrogen (secondary N) is 2. The van der Waals surface area contributed by atoms with Gasteiger partial charge in [-0.2, -0.15) is 0 Å². The third kappa shape index (κ3) is 4.06. The molecule has 110 valence electrons. The molecule has 1 aliphatic carbocycles. The Hall–Kier alpha value is -1.89. The molecule has 0 spiro atoms. The smallest absolute Gasteiger partial charge is 0.306 e. The van der Waals surface area contributed by atoms with Gasteiger partial charge in [0.25, 0.3) is 0 Å². The molecule has 1 aromatic heterocycles. The number of carboxylic acids is 1. The maximum absolute atomic E-state index is 11.7. The van der Waals surface area contributed by atoms with Crippen molar-refractivity contribution in [2.24, 2.45) is 5.92 Å².